The van der Waals surface area contributed by atoms with E-state index in [1.165, 1.54) is 16.3 Å². The number of benzene rings is 2. The van der Waals surface area contributed by atoms with Crippen molar-refractivity contribution >= 4 is 43.5 Å². The molecule has 1 atom stereocenters. The number of ether oxygens (including phenoxy) is 2. The van der Waals surface area contributed by atoms with E-state index in [-0.39, 0.29) is 44.5 Å². The highest BCUT2D eigenvalue weighted by Crippen LogP contribution is 2.36. The van der Waals surface area contributed by atoms with E-state index in [4.69, 9.17) is 9.47 Å². The van der Waals surface area contributed by atoms with Crippen molar-refractivity contribution in [1.29, 1.82) is 0 Å². The molecule has 0 saturated carbocycles. The van der Waals surface area contributed by atoms with E-state index in [2.05, 4.69) is 21.2 Å². The fraction of sp³-hybridized carbons (Fsp3) is 0.391. The van der Waals surface area contributed by atoms with E-state index in [1.54, 1.807) is 25.1 Å². The molecular formula is C23H28BrN3O6S. The van der Waals surface area contributed by atoms with Crippen molar-refractivity contribution in [2.45, 2.75) is 32.4 Å². The van der Waals surface area contributed by atoms with Crippen molar-refractivity contribution in [3.05, 3.63) is 52.5 Å². The molecule has 0 saturated heterocycles. The molecule has 34 heavy (non-hydrogen) atoms. The summed E-state index contributed by atoms with van der Waals surface area (Å²) in [5.41, 5.74) is 1.31. The maximum absolute atomic E-state index is 13.1. The van der Waals surface area contributed by atoms with Gasteiger partial charge in [-0.1, -0.05) is 28.1 Å². The van der Waals surface area contributed by atoms with Crippen LogP contribution in [-0.2, 0) is 26.2 Å². The zero-order valence-electron chi connectivity index (χ0n) is 19.3. The first-order valence-electron chi connectivity index (χ1n) is 10.7. The van der Waals surface area contributed by atoms with Gasteiger partial charge in [-0.15, -0.1) is 0 Å². The number of hydrogen-bond donors (Lipinski definition) is 1. The predicted molar refractivity (Wildman–Crippen MR) is 132 cm³/mol. The van der Waals surface area contributed by atoms with Gasteiger partial charge in [0, 0.05) is 37.1 Å². The van der Waals surface area contributed by atoms with Gasteiger partial charge >= 0.3 is 0 Å². The number of hydrogen-bond acceptors (Lipinski definition) is 6. The molecule has 11 heteroatoms. The molecule has 184 valence electrons. The number of rotatable bonds is 10. The topological polar surface area (TPSA) is 105 Å². The maximum Gasteiger partial charge on any atom is 0.242 e. The molecule has 2 aromatic carbocycles. The largest absolute Gasteiger partial charge is 0.454 e. The van der Waals surface area contributed by atoms with Crippen LogP contribution < -0.4 is 19.1 Å². The van der Waals surface area contributed by atoms with Gasteiger partial charge in [-0.25, -0.2) is 8.42 Å². The van der Waals surface area contributed by atoms with Gasteiger partial charge in [0.2, 0.25) is 28.6 Å². The molecule has 1 N–H and O–H groups in total. The second-order valence-electron chi connectivity index (χ2n) is 7.92. The molecule has 0 radical (unpaired) electrons. The van der Waals surface area contributed by atoms with E-state index < -0.39 is 16.1 Å². The average molecular weight is 554 g/mol. The van der Waals surface area contributed by atoms with E-state index in [0.29, 0.717) is 17.2 Å². The second kappa shape index (κ2) is 11.1. The Morgan fingerprint density at radius 1 is 1.15 bits per heavy atom. The summed E-state index contributed by atoms with van der Waals surface area (Å²) in [7, 11) is -2.07. The lowest BCUT2D eigenvalue weighted by Gasteiger charge is -2.29. The molecule has 1 heterocycles. The Morgan fingerprint density at radius 3 is 2.56 bits per heavy atom. The summed E-state index contributed by atoms with van der Waals surface area (Å²) in [6.07, 6.45) is 1.47. The zero-order chi connectivity index (χ0) is 24.9. The van der Waals surface area contributed by atoms with Crippen molar-refractivity contribution in [2.24, 2.45) is 0 Å². The highest BCUT2D eigenvalue weighted by molar-refractivity contribution is 9.10. The molecule has 0 aliphatic carbocycles. The van der Waals surface area contributed by atoms with Crippen LogP contribution in [0, 0.1) is 0 Å². The molecule has 2 amide bonds. The van der Waals surface area contributed by atoms with Crippen LogP contribution >= 0.6 is 15.9 Å². The highest BCUT2D eigenvalue weighted by atomic mass is 79.9. The van der Waals surface area contributed by atoms with Crippen LogP contribution in [0.5, 0.6) is 11.5 Å². The number of amides is 2. The van der Waals surface area contributed by atoms with E-state index in [1.807, 2.05) is 24.3 Å². The molecule has 0 aromatic heterocycles. The first kappa shape index (κ1) is 25.8. The Balaban J connectivity index is 1.72. The fourth-order valence-corrected chi connectivity index (χ4v) is 5.07. The van der Waals surface area contributed by atoms with Crippen molar-refractivity contribution in [3.63, 3.8) is 0 Å². The Morgan fingerprint density at radius 2 is 1.88 bits per heavy atom. The Hall–Kier alpha value is -2.79. The lowest BCUT2D eigenvalue weighted by Crippen LogP contribution is -2.46. The number of nitrogens with zero attached hydrogens (tertiary/aromatic N) is 2. The fourth-order valence-electron chi connectivity index (χ4n) is 3.67. The van der Waals surface area contributed by atoms with Crippen LogP contribution in [0.3, 0.4) is 0 Å². The number of halogens is 1. The van der Waals surface area contributed by atoms with E-state index in [9.17, 15) is 18.0 Å². The SMILES string of the molecule is CNC(=O)C(C)N(Cc1cccc(Br)c1)C(=O)CCCN(c1ccc2c(c1)OCO2)S(C)(=O)=O. The Labute approximate surface area is 208 Å². The Bertz CT molecular complexity index is 1160. The zero-order valence-corrected chi connectivity index (χ0v) is 21.7. The third-order valence-electron chi connectivity index (χ3n) is 5.45. The van der Waals surface area contributed by atoms with Crippen LogP contribution in [0.15, 0.2) is 46.9 Å². The van der Waals surface area contributed by atoms with Gasteiger partial charge < -0.3 is 19.7 Å². The van der Waals surface area contributed by atoms with Gasteiger partial charge in [0.05, 0.1) is 11.9 Å². The molecule has 0 bridgehead atoms. The minimum atomic E-state index is -3.60. The lowest BCUT2D eigenvalue weighted by molar-refractivity contribution is -0.140. The molecular weight excluding hydrogens is 526 g/mol. The van der Waals surface area contributed by atoms with Crippen LogP contribution in [0.4, 0.5) is 5.69 Å². The van der Waals surface area contributed by atoms with Gasteiger partial charge in [-0.05, 0) is 43.2 Å². The van der Waals surface area contributed by atoms with Crippen molar-refractivity contribution in [1.82, 2.24) is 10.2 Å². The van der Waals surface area contributed by atoms with Gasteiger partial charge in [-0.2, -0.15) is 0 Å². The third kappa shape index (κ3) is 6.41. The summed E-state index contributed by atoms with van der Waals surface area (Å²) in [6, 6.07) is 11.7. The first-order valence-corrected chi connectivity index (χ1v) is 13.4. The summed E-state index contributed by atoms with van der Waals surface area (Å²) < 4.78 is 37.7. The molecule has 1 unspecified atom stereocenters. The standard InChI is InChI=1S/C23H28BrN3O6S/c1-16(23(29)25-2)26(14-17-6-4-7-18(24)12-17)22(28)8-5-11-27(34(3,30)31)19-9-10-20-21(13-19)33-15-32-20/h4,6-7,9-10,12-13,16H,5,8,11,14-15H2,1-3H3,(H,25,29). The highest BCUT2D eigenvalue weighted by Gasteiger charge is 2.26. The van der Waals surface area contributed by atoms with Crippen molar-refractivity contribution in [2.75, 3.05) is 30.9 Å². The van der Waals surface area contributed by atoms with E-state index >= 15 is 0 Å². The number of carbonyl (C=O) groups is 2. The van der Waals surface area contributed by atoms with Gasteiger partial charge in [0.25, 0.3) is 0 Å². The summed E-state index contributed by atoms with van der Waals surface area (Å²) in [6.45, 7) is 2.11. The predicted octanol–water partition coefficient (Wildman–Crippen LogP) is 2.89. The number of nitrogens with one attached hydrogen (secondary N) is 1. The number of fused-ring (bicyclic) bond motifs is 1. The van der Waals surface area contributed by atoms with E-state index in [0.717, 1.165) is 16.3 Å². The molecule has 1 aliphatic rings. The minimum absolute atomic E-state index is 0.0753. The van der Waals surface area contributed by atoms with Crippen molar-refractivity contribution in [3.8, 4) is 11.5 Å². The number of anilines is 1. The molecule has 2 aromatic rings. The van der Waals surface area contributed by atoms with Crippen molar-refractivity contribution < 1.29 is 27.5 Å². The summed E-state index contributed by atoms with van der Waals surface area (Å²) in [5.74, 6) is 0.511. The normalized spacial score (nSPS) is 13.3. The van der Waals surface area contributed by atoms with Gasteiger partial charge in [0.1, 0.15) is 6.04 Å². The number of carbonyl (C=O) groups excluding carboxylic acids is 2. The minimum Gasteiger partial charge on any atom is -0.454 e. The average Bonchev–Trinajstić information content (AvgIpc) is 3.26. The summed E-state index contributed by atoms with van der Waals surface area (Å²) in [5, 5.41) is 2.58. The second-order valence-corrected chi connectivity index (χ2v) is 10.7. The molecule has 0 spiro atoms. The molecule has 3 rings (SSSR count). The lowest BCUT2D eigenvalue weighted by atomic mass is 10.1. The number of sulfonamides is 1. The van der Waals surface area contributed by atoms with Crippen LogP contribution in [0.25, 0.3) is 0 Å². The smallest absolute Gasteiger partial charge is 0.242 e. The first-order chi connectivity index (χ1) is 16.1. The quantitative estimate of drug-likeness (QED) is 0.485. The maximum atomic E-state index is 13.1. The molecule has 9 nitrogen and oxygen atoms in total. The summed E-state index contributed by atoms with van der Waals surface area (Å²) in [4.78, 5) is 26.9. The monoisotopic (exact) mass is 553 g/mol. The molecule has 1 aliphatic heterocycles. The van der Waals surface area contributed by atoms with Gasteiger partial charge in [-0.3, -0.25) is 13.9 Å². The van der Waals surface area contributed by atoms with Crippen LogP contribution in [0.1, 0.15) is 25.3 Å². The number of likely N-dealkylation sites (N-methyl/N-ethyl adjacent to an activating group) is 1. The van der Waals surface area contributed by atoms with Crippen LogP contribution in [-0.4, -0.2) is 57.8 Å². The third-order valence-corrected chi connectivity index (χ3v) is 7.14. The summed E-state index contributed by atoms with van der Waals surface area (Å²) >= 11 is 3.42. The van der Waals surface area contributed by atoms with Gasteiger partial charge in [0.15, 0.2) is 11.5 Å². The Kier molecular flexibility index (Phi) is 8.42. The molecule has 0 fully saturated rings. The van der Waals surface area contributed by atoms with Crippen LogP contribution in [0.2, 0.25) is 0 Å².